The molecule has 1 aromatic rings. The molecule has 0 bridgehead atoms. The normalized spacial score (nSPS) is 21.6. The van der Waals surface area contributed by atoms with Gasteiger partial charge in [0.2, 0.25) is 5.91 Å². The molecule has 1 aromatic carbocycles. The second-order valence-electron chi connectivity index (χ2n) is 4.99. The number of nitrogens with one attached hydrogen (secondary N) is 2. The first-order valence-electron chi connectivity index (χ1n) is 6.05. The molecule has 1 fully saturated rings. The largest absolute Gasteiger partial charge is 0.382 e. The van der Waals surface area contributed by atoms with Crippen molar-refractivity contribution < 1.29 is 4.79 Å². The summed E-state index contributed by atoms with van der Waals surface area (Å²) in [5.41, 5.74) is 1.71. The van der Waals surface area contributed by atoms with Crippen molar-refractivity contribution in [2.24, 2.45) is 5.41 Å². The van der Waals surface area contributed by atoms with Crippen LogP contribution >= 0.6 is 15.9 Å². The summed E-state index contributed by atoms with van der Waals surface area (Å²) >= 11 is 3.45. The van der Waals surface area contributed by atoms with E-state index in [0.717, 1.165) is 48.1 Å². The molecule has 0 unspecified atom stereocenters. The molecule has 0 atom stereocenters. The number of hydrogen-bond donors (Lipinski definition) is 2. The number of rotatable bonds is 0. The summed E-state index contributed by atoms with van der Waals surface area (Å²) in [4.78, 5) is 12.3. The molecular weight excluding hydrogens is 280 g/mol. The van der Waals surface area contributed by atoms with E-state index in [0.29, 0.717) is 0 Å². The molecular formula is C13H15BrN2O. The fraction of sp³-hybridized carbons (Fsp3) is 0.462. The van der Waals surface area contributed by atoms with E-state index < -0.39 is 0 Å². The van der Waals surface area contributed by atoms with Gasteiger partial charge in [0.15, 0.2) is 0 Å². The molecule has 2 N–H and O–H groups in total. The van der Waals surface area contributed by atoms with Gasteiger partial charge in [-0.15, -0.1) is 0 Å². The Hall–Kier alpha value is -1.03. The first kappa shape index (κ1) is 11.1. The summed E-state index contributed by atoms with van der Waals surface area (Å²) in [7, 11) is 0. The van der Waals surface area contributed by atoms with Crippen LogP contribution in [0.15, 0.2) is 22.7 Å². The molecule has 1 amide bonds. The fourth-order valence-corrected chi connectivity index (χ4v) is 3.19. The van der Waals surface area contributed by atoms with Gasteiger partial charge in [0.25, 0.3) is 0 Å². The van der Waals surface area contributed by atoms with Gasteiger partial charge in [-0.3, -0.25) is 4.79 Å². The van der Waals surface area contributed by atoms with Crippen LogP contribution in [0.25, 0.3) is 0 Å². The minimum atomic E-state index is -0.189. The van der Waals surface area contributed by atoms with Crippen molar-refractivity contribution >= 4 is 33.2 Å². The summed E-state index contributed by atoms with van der Waals surface area (Å²) in [6.07, 6.45) is 4.33. The Morgan fingerprint density at radius 1 is 1.18 bits per heavy atom. The lowest BCUT2D eigenvalue weighted by Crippen LogP contribution is -2.37. The van der Waals surface area contributed by atoms with Crippen LogP contribution in [-0.2, 0) is 4.79 Å². The van der Waals surface area contributed by atoms with Crippen molar-refractivity contribution in [2.45, 2.75) is 25.7 Å². The van der Waals surface area contributed by atoms with Crippen molar-refractivity contribution in [3.63, 3.8) is 0 Å². The molecule has 1 heterocycles. The molecule has 1 spiro atoms. The molecule has 17 heavy (non-hydrogen) atoms. The average Bonchev–Trinajstić information content (AvgIpc) is 2.74. The van der Waals surface area contributed by atoms with E-state index in [4.69, 9.17) is 0 Å². The molecule has 0 aromatic heterocycles. The number of carbonyl (C=O) groups is 1. The highest BCUT2D eigenvalue weighted by atomic mass is 79.9. The van der Waals surface area contributed by atoms with Crippen molar-refractivity contribution in [2.75, 3.05) is 17.2 Å². The van der Waals surface area contributed by atoms with Gasteiger partial charge in [-0.1, -0.05) is 28.8 Å². The summed E-state index contributed by atoms with van der Waals surface area (Å²) in [5.74, 6) is 0.184. The SMILES string of the molecule is O=C1Nc2ccc(Br)cc2NCC12CCCC2. The fourth-order valence-electron chi connectivity index (χ4n) is 2.83. The third-order valence-corrected chi connectivity index (χ3v) is 4.38. The highest BCUT2D eigenvalue weighted by Gasteiger charge is 2.42. The van der Waals surface area contributed by atoms with E-state index in [1.54, 1.807) is 0 Å². The molecule has 3 nitrogen and oxygen atoms in total. The third kappa shape index (κ3) is 1.84. The van der Waals surface area contributed by atoms with Gasteiger partial charge in [0.05, 0.1) is 16.8 Å². The standard InChI is InChI=1S/C13H15BrN2O/c14-9-3-4-10-11(7-9)15-8-13(12(17)16-10)5-1-2-6-13/h3-4,7,15H,1-2,5-6,8H2,(H,16,17). The van der Waals surface area contributed by atoms with E-state index in [1.807, 2.05) is 18.2 Å². The highest BCUT2D eigenvalue weighted by molar-refractivity contribution is 9.10. The Labute approximate surface area is 109 Å². The molecule has 1 saturated carbocycles. The van der Waals surface area contributed by atoms with Crippen LogP contribution in [0.3, 0.4) is 0 Å². The molecule has 1 aliphatic heterocycles. The third-order valence-electron chi connectivity index (χ3n) is 3.89. The Morgan fingerprint density at radius 3 is 2.71 bits per heavy atom. The van der Waals surface area contributed by atoms with Crippen LogP contribution in [-0.4, -0.2) is 12.5 Å². The van der Waals surface area contributed by atoms with Crippen LogP contribution in [0.2, 0.25) is 0 Å². The average molecular weight is 295 g/mol. The number of anilines is 2. The van der Waals surface area contributed by atoms with Crippen molar-refractivity contribution in [1.29, 1.82) is 0 Å². The monoisotopic (exact) mass is 294 g/mol. The van der Waals surface area contributed by atoms with Crippen LogP contribution in [0.4, 0.5) is 11.4 Å². The molecule has 1 aliphatic carbocycles. The van der Waals surface area contributed by atoms with Crippen molar-refractivity contribution in [3.05, 3.63) is 22.7 Å². The Bertz CT molecular complexity index is 466. The molecule has 2 aliphatic rings. The number of fused-ring (bicyclic) bond motifs is 1. The van der Waals surface area contributed by atoms with E-state index in [9.17, 15) is 4.79 Å². The number of carbonyl (C=O) groups excluding carboxylic acids is 1. The van der Waals surface area contributed by atoms with Crippen LogP contribution < -0.4 is 10.6 Å². The second-order valence-corrected chi connectivity index (χ2v) is 5.90. The molecule has 3 rings (SSSR count). The number of halogens is 1. The van der Waals surface area contributed by atoms with Gasteiger partial charge >= 0.3 is 0 Å². The summed E-state index contributed by atoms with van der Waals surface area (Å²) < 4.78 is 1.03. The lowest BCUT2D eigenvalue weighted by molar-refractivity contribution is -0.124. The lowest BCUT2D eigenvalue weighted by Gasteiger charge is -2.24. The zero-order valence-corrected chi connectivity index (χ0v) is 11.1. The van der Waals surface area contributed by atoms with Gasteiger partial charge in [-0.2, -0.15) is 0 Å². The van der Waals surface area contributed by atoms with Gasteiger partial charge in [-0.05, 0) is 31.0 Å². The smallest absolute Gasteiger partial charge is 0.232 e. The first-order chi connectivity index (χ1) is 8.20. The number of hydrogen-bond acceptors (Lipinski definition) is 2. The summed E-state index contributed by atoms with van der Waals surface area (Å²) in [6, 6.07) is 5.91. The lowest BCUT2D eigenvalue weighted by atomic mass is 9.85. The molecule has 0 radical (unpaired) electrons. The van der Waals surface area contributed by atoms with Crippen LogP contribution in [0.5, 0.6) is 0 Å². The van der Waals surface area contributed by atoms with Gasteiger partial charge in [-0.25, -0.2) is 0 Å². The van der Waals surface area contributed by atoms with Gasteiger partial charge < -0.3 is 10.6 Å². The van der Waals surface area contributed by atoms with Crippen LogP contribution in [0.1, 0.15) is 25.7 Å². The summed E-state index contributed by atoms with van der Waals surface area (Å²) in [6.45, 7) is 0.752. The first-order valence-corrected chi connectivity index (χ1v) is 6.84. The maximum absolute atomic E-state index is 12.3. The maximum atomic E-state index is 12.3. The predicted molar refractivity (Wildman–Crippen MR) is 72.2 cm³/mol. The van der Waals surface area contributed by atoms with E-state index in [2.05, 4.69) is 26.6 Å². The Kier molecular flexibility index (Phi) is 2.62. The number of amides is 1. The summed E-state index contributed by atoms with van der Waals surface area (Å²) in [5, 5.41) is 6.48. The van der Waals surface area contributed by atoms with Gasteiger partial charge in [0, 0.05) is 11.0 Å². The topological polar surface area (TPSA) is 41.1 Å². The number of benzene rings is 1. The zero-order valence-electron chi connectivity index (χ0n) is 9.55. The van der Waals surface area contributed by atoms with Crippen molar-refractivity contribution in [3.8, 4) is 0 Å². The molecule has 90 valence electrons. The van der Waals surface area contributed by atoms with E-state index in [-0.39, 0.29) is 11.3 Å². The molecule has 0 saturated heterocycles. The minimum absolute atomic E-state index is 0.184. The quantitative estimate of drug-likeness (QED) is 0.770. The maximum Gasteiger partial charge on any atom is 0.232 e. The minimum Gasteiger partial charge on any atom is -0.382 e. The zero-order chi connectivity index (χ0) is 11.9. The van der Waals surface area contributed by atoms with Gasteiger partial charge in [0.1, 0.15) is 0 Å². The Morgan fingerprint density at radius 2 is 1.94 bits per heavy atom. The Balaban J connectivity index is 1.96. The van der Waals surface area contributed by atoms with E-state index >= 15 is 0 Å². The van der Waals surface area contributed by atoms with E-state index in [1.165, 1.54) is 0 Å². The highest BCUT2D eigenvalue weighted by Crippen LogP contribution is 2.42. The predicted octanol–water partition coefficient (Wildman–Crippen LogP) is 3.37. The second kappa shape index (κ2) is 4.02. The van der Waals surface area contributed by atoms with Crippen LogP contribution in [0, 0.1) is 5.41 Å². The van der Waals surface area contributed by atoms with Crippen molar-refractivity contribution in [1.82, 2.24) is 0 Å². The molecule has 4 heteroatoms.